The first kappa shape index (κ1) is 15.8. The summed E-state index contributed by atoms with van der Waals surface area (Å²) in [7, 11) is 0. The number of benzene rings is 1. The van der Waals surface area contributed by atoms with Crippen LogP contribution in [-0.2, 0) is 6.54 Å². The average Bonchev–Trinajstić information content (AvgIpc) is 3.40. The van der Waals surface area contributed by atoms with Crippen LogP contribution in [0.2, 0.25) is 0 Å². The second-order valence-corrected chi connectivity index (χ2v) is 6.74. The smallest absolute Gasteiger partial charge is 0.254 e. The van der Waals surface area contributed by atoms with E-state index < -0.39 is 0 Å². The zero-order valence-electron chi connectivity index (χ0n) is 14.4. The lowest BCUT2D eigenvalue weighted by molar-refractivity contribution is 0.0728. The number of pyridine rings is 1. The molecule has 5 nitrogen and oxygen atoms in total. The van der Waals surface area contributed by atoms with Gasteiger partial charge >= 0.3 is 0 Å². The third-order valence-corrected chi connectivity index (χ3v) is 4.70. The fraction of sp³-hybridized carbons (Fsp3) is 0.350. The van der Waals surface area contributed by atoms with Gasteiger partial charge in [0, 0.05) is 36.5 Å². The van der Waals surface area contributed by atoms with Crippen LogP contribution in [0.25, 0.3) is 0 Å². The van der Waals surface area contributed by atoms with E-state index in [4.69, 9.17) is 0 Å². The lowest BCUT2D eigenvalue weighted by atomic mass is 10.1. The summed E-state index contributed by atoms with van der Waals surface area (Å²) < 4.78 is 0. The summed E-state index contributed by atoms with van der Waals surface area (Å²) in [5.74, 6) is 0.0841. The highest BCUT2D eigenvalue weighted by Crippen LogP contribution is 2.30. The number of amides is 1. The molecule has 0 radical (unpaired) electrons. The molecule has 2 heterocycles. The molecule has 2 aromatic rings. The van der Waals surface area contributed by atoms with Crippen molar-refractivity contribution in [2.75, 3.05) is 11.6 Å². The zero-order valence-corrected chi connectivity index (χ0v) is 14.4. The molecule has 1 aliphatic heterocycles. The summed E-state index contributed by atoms with van der Waals surface area (Å²) in [5.41, 5.74) is 3.85. The van der Waals surface area contributed by atoms with Crippen molar-refractivity contribution in [1.29, 1.82) is 0 Å². The quantitative estimate of drug-likeness (QED) is 0.841. The van der Waals surface area contributed by atoms with Crippen molar-refractivity contribution >= 4 is 17.3 Å². The summed E-state index contributed by atoms with van der Waals surface area (Å²) in [6.45, 7) is 3.53. The van der Waals surface area contributed by atoms with Crippen LogP contribution in [0.15, 0.2) is 53.8 Å². The first-order valence-electron chi connectivity index (χ1n) is 8.83. The molecule has 1 amide bonds. The molecule has 0 N–H and O–H groups in total. The predicted molar refractivity (Wildman–Crippen MR) is 98.6 cm³/mol. The Bertz CT molecular complexity index is 781. The van der Waals surface area contributed by atoms with Gasteiger partial charge in [-0.2, -0.15) is 5.10 Å². The van der Waals surface area contributed by atoms with Gasteiger partial charge in [-0.15, -0.1) is 0 Å². The summed E-state index contributed by atoms with van der Waals surface area (Å²) in [6.07, 6.45) is 4.94. The predicted octanol–water partition coefficient (Wildman–Crippen LogP) is 3.47. The molecule has 1 aromatic heterocycles. The zero-order chi connectivity index (χ0) is 17.2. The number of hydrogen-bond donors (Lipinski definition) is 0. The first-order chi connectivity index (χ1) is 12.2. The highest BCUT2D eigenvalue weighted by molar-refractivity contribution is 5.95. The van der Waals surface area contributed by atoms with Crippen LogP contribution in [0.5, 0.6) is 0 Å². The molecule has 25 heavy (non-hydrogen) atoms. The van der Waals surface area contributed by atoms with E-state index >= 15 is 0 Å². The Morgan fingerprint density at radius 3 is 2.60 bits per heavy atom. The minimum atomic E-state index is 0.0841. The lowest BCUT2D eigenvalue weighted by Crippen LogP contribution is -2.32. The molecule has 1 aliphatic carbocycles. The third kappa shape index (κ3) is 3.55. The largest absolute Gasteiger partial charge is 0.330 e. The fourth-order valence-electron chi connectivity index (χ4n) is 3.12. The Morgan fingerprint density at radius 2 is 2.00 bits per heavy atom. The van der Waals surface area contributed by atoms with Crippen molar-refractivity contribution in [1.82, 2.24) is 9.88 Å². The second-order valence-electron chi connectivity index (χ2n) is 6.74. The highest BCUT2D eigenvalue weighted by atomic mass is 16.2. The van der Waals surface area contributed by atoms with Crippen LogP contribution in [0.4, 0.5) is 5.69 Å². The second kappa shape index (κ2) is 6.67. The Morgan fingerprint density at radius 1 is 1.20 bits per heavy atom. The number of rotatable bonds is 5. The number of carbonyl (C=O) groups excluding carboxylic acids is 1. The number of anilines is 1. The number of carbonyl (C=O) groups is 1. The van der Waals surface area contributed by atoms with E-state index in [1.807, 2.05) is 59.3 Å². The van der Waals surface area contributed by atoms with Crippen LogP contribution in [0, 0.1) is 0 Å². The van der Waals surface area contributed by atoms with Crippen molar-refractivity contribution in [3.63, 3.8) is 0 Å². The molecular weight excluding hydrogens is 312 g/mol. The molecule has 128 valence electrons. The summed E-state index contributed by atoms with van der Waals surface area (Å²) in [5, 5.41) is 6.50. The molecule has 0 atom stereocenters. The number of hydrazone groups is 1. The van der Waals surface area contributed by atoms with Gasteiger partial charge in [-0.25, -0.2) is 0 Å². The maximum absolute atomic E-state index is 13.0. The van der Waals surface area contributed by atoms with Crippen molar-refractivity contribution < 1.29 is 4.79 Å². The Labute approximate surface area is 148 Å². The van der Waals surface area contributed by atoms with E-state index in [9.17, 15) is 4.79 Å². The monoisotopic (exact) mass is 334 g/mol. The van der Waals surface area contributed by atoms with E-state index in [1.54, 1.807) is 6.20 Å². The molecule has 0 saturated heterocycles. The van der Waals surface area contributed by atoms with Crippen molar-refractivity contribution in [3.05, 3.63) is 59.9 Å². The number of nitrogens with zero attached hydrogens (tertiary/aromatic N) is 4. The molecule has 0 spiro atoms. The summed E-state index contributed by atoms with van der Waals surface area (Å²) in [4.78, 5) is 19.3. The van der Waals surface area contributed by atoms with Crippen LogP contribution < -0.4 is 5.01 Å². The van der Waals surface area contributed by atoms with Crippen LogP contribution in [0.3, 0.4) is 0 Å². The maximum atomic E-state index is 13.0. The van der Waals surface area contributed by atoms with E-state index in [0.717, 1.165) is 48.5 Å². The Balaban J connectivity index is 1.50. The minimum absolute atomic E-state index is 0.0841. The van der Waals surface area contributed by atoms with Gasteiger partial charge in [0.15, 0.2) is 0 Å². The van der Waals surface area contributed by atoms with Gasteiger partial charge in [-0.1, -0.05) is 6.07 Å². The van der Waals surface area contributed by atoms with Crippen molar-refractivity contribution in [2.45, 2.75) is 38.8 Å². The van der Waals surface area contributed by atoms with Gasteiger partial charge < -0.3 is 4.90 Å². The number of aromatic nitrogens is 1. The molecule has 2 aliphatic rings. The normalized spacial score (nSPS) is 16.7. The SMILES string of the molecule is CC1=NN(c2ccc(C(=O)N(Cc3ccccn3)C3CC3)cc2)CC1. The topological polar surface area (TPSA) is 48.8 Å². The maximum Gasteiger partial charge on any atom is 0.254 e. The van der Waals surface area contributed by atoms with Gasteiger partial charge in [-0.05, 0) is 56.2 Å². The highest BCUT2D eigenvalue weighted by Gasteiger charge is 2.33. The van der Waals surface area contributed by atoms with Gasteiger partial charge in [0.1, 0.15) is 0 Å². The summed E-state index contributed by atoms with van der Waals surface area (Å²) >= 11 is 0. The van der Waals surface area contributed by atoms with Gasteiger partial charge in [0.2, 0.25) is 0 Å². The van der Waals surface area contributed by atoms with E-state index in [2.05, 4.69) is 10.1 Å². The van der Waals surface area contributed by atoms with Gasteiger partial charge in [0.05, 0.1) is 17.9 Å². The first-order valence-corrected chi connectivity index (χ1v) is 8.83. The molecule has 0 unspecified atom stereocenters. The molecule has 1 aromatic carbocycles. The molecule has 5 heteroatoms. The molecule has 0 bridgehead atoms. The van der Waals surface area contributed by atoms with E-state index in [0.29, 0.717) is 12.6 Å². The Kier molecular flexibility index (Phi) is 4.22. The van der Waals surface area contributed by atoms with E-state index in [1.165, 1.54) is 0 Å². The minimum Gasteiger partial charge on any atom is -0.330 e. The van der Waals surface area contributed by atoms with Crippen molar-refractivity contribution in [2.24, 2.45) is 5.10 Å². The Hall–Kier alpha value is -2.69. The third-order valence-electron chi connectivity index (χ3n) is 4.70. The average molecular weight is 334 g/mol. The van der Waals surface area contributed by atoms with Crippen molar-refractivity contribution in [3.8, 4) is 0 Å². The molecular formula is C20H22N4O. The van der Waals surface area contributed by atoms with Crippen LogP contribution in [-0.4, -0.2) is 34.1 Å². The standard InChI is InChI=1S/C20H22N4O/c1-15-11-13-24(22-15)19-7-5-16(6-8-19)20(25)23(18-9-10-18)14-17-4-2-3-12-21-17/h2-8,12,18H,9-11,13-14H2,1H3. The number of hydrogen-bond acceptors (Lipinski definition) is 4. The van der Waals surface area contributed by atoms with E-state index in [-0.39, 0.29) is 5.91 Å². The molecule has 1 fully saturated rings. The molecule has 4 rings (SSSR count). The van der Waals surface area contributed by atoms with Gasteiger partial charge in [0.25, 0.3) is 5.91 Å². The van der Waals surface area contributed by atoms with Crippen LogP contribution in [0.1, 0.15) is 42.2 Å². The molecule has 1 saturated carbocycles. The van der Waals surface area contributed by atoms with Gasteiger partial charge in [-0.3, -0.25) is 14.8 Å². The fourth-order valence-corrected chi connectivity index (χ4v) is 3.12. The van der Waals surface area contributed by atoms with Crippen LogP contribution >= 0.6 is 0 Å². The lowest BCUT2D eigenvalue weighted by Gasteiger charge is -2.22. The summed E-state index contributed by atoms with van der Waals surface area (Å²) in [6, 6.07) is 14.0.